The number of anilines is 2. The number of hydrogen-bond donors (Lipinski definition) is 1. The Balaban J connectivity index is 2.02. The van der Waals surface area contributed by atoms with Crippen molar-refractivity contribution in [2.45, 2.75) is 25.7 Å². The predicted molar refractivity (Wildman–Crippen MR) is 126 cm³/mol. The Morgan fingerprint density at radius 2 is 1.78 bits per heavy atom. The van der Waals surface area contributed by atoms with Crippen LogP contribution in [0.2, 0.25) is 0 Å². The van der Waals surface area contributed by atoms with E-state index in [1.165, 1.54) is 18.6 Å². The molecule has 7 nitrogen and oxygen atoms in total. The standard InChI is InChI=1S/C23H24N2O5S2/c1-15-6-5-7-18(12-15)24-21(26)14-25(19-9-8-16(2)17(3)13-19)32(28,29)20-10-11-31-22(20)23(27)30-4/h5-13H,14H2,1-4H3,(H,24,26). The van der Waals surface area contributed by atoms with E-state index in [-0.39, 0.29) is 9.77 Å². The summed E-state index contributed by atoms with van der Waals surface area (Å²) in [6, 6.07) is 13.7. The number of rotatable bonds is 7. The van der Waals surface area contributed by atoms with E-state index in [1.807, 2.05) is 26.8 Å². The van der Waals surface area contributed by atoms with Crippen molar-refractivity contribution in [3.63, 3.8) is 0 Å². The monoisotopic (exact) mass is 472 g/mol. The lowest BCUT2D eigenvalue weighted by Crippen LogP contribution is -2.38. The Morgan fingerprint density at radius 3 is 2.44 bits per heavy atom. The molecule has 1 aromatic heterocycles. The third-order valence-corrected chi connectivity index (χ3v) is 7.78. The van der Waals surface area contributed by atoms with Crippen LogP contribution in [0.3, 0.4) is 0 Å². The number of benzene rings is 2. The van der Waals surface area contributed by atoms with E-state index in [0.717, 1.165) is 32.3 Å². The van der Waals surface area contributed by atoms with Gasteiger partial charge in [-0.15, -0.1) is 11.3 Å². The van der Waals surface area contributed by atoms with Crippen molar-refractivity contribution in [1.29, 1.82) is 0 Å². The molecule has 0 radical (unpaired) electrons. The lowest BCUT2D eigenvalue weighted by atomic mass is 10.1. The van der Waals surface area contributed by atoms with Crippen LogP contribution in [0, 0.1) is 20.8 Å². The van der Waals surface area contributed by atoms with Gasteiger partial charge in [-0.1, -0.05) is 18.2 Å². The van der Waals surface area contributed by atoms with Gasteiger partial charge in [-0.25, -0.2) is 13.2 Å². The molecule has 1 N–H and O–H groups in total. The highest BCUT2D eigenvalue weighted by Crippen LogP contribution is 2.30. The summed E-state index contributed by atoms with van der Waals surface area (Å²) in [7, 11) is -3.05. The van der Waals surface area contributed by atoms with E-state index in [1.54, 1.807) is 36.4 Å². The average molecular weight is 473 g/mol. The fourth-order valence-electron chi connectivity index (χ4n) is 3.11. The third kappa shape index (κ3) is 5.00. The molecule has 0 spiro atoms. The largest absolute Gasteiger partial charge is 0.465 e. The Morgan fingerprint density at radius 1 is 1.03 bits per heavy atom. The summed E-state index contributed by atoms with van der Waals surface area (Å²) in [6.45, 7) is 5.21. The second-order valence-corrected chi connectivity index (χ2v) is 10.1. The number of sulfonamides is 1. The fourth-order valence-corrected chi connectivity index (χ4v) is 5.83. The van der Waals surface area contributed by atoms with Crippen LogP contribution in [0.1, 0.15) is 26.4 Å². The summed E-state index contributed by atoms with van der Waals surface area (Å²) in [5.41, 5.74) is 3.72. The molecule has 0 bridgehead atoms. The minimum atomic E-state index is -4.24. The molecule has 0 fully saturated rings. The lowest BCUT2D eigenvalue weighted by molar-refractivity contribution is -0.114. The van der Waals surface area contributed by atoms with E-state index >= 15 is 0 Å². The maximum Gasteiger partial charge on any atom is 0.349 e. The molecule has 0 unspecified atom stereocenters. The lowest BCUT2D eigenvalue weighted by Gasteiger charge is -2.25. The fraction of sp³-hybridized carbons (Fsp3) is 0.217. The number of ether oxygens (including phenoxy) is 1. The van der Waals surface area contributed by atoms with Crippen LogP contribution in [0.15, 0.2) is 58.8 Å². The molecular weight excluding hydrogens is 448 g/mol. The van der Waals surface area contributed by atoms with Gasteiger partial charge in [0.25, 0.3) is 10.0 Å². The van der Waals surface area contributed by atoms with Gasteiger partial charge < -0.3 is 10.1 Å². The van der Waals surface area contributed by atoms with E-state index in [9.17, 15) is 18.0 Å². The number of carbonyl (C=O) groups is 2. The SMILES string of the molecule is COC(=O)c1sccc1S(=O)(=O)N(CC(=O)Nc1cccc(C)c1)c1ccc(C)c(C)c1. The molecule has 0 atom stereocenters. The number of aryl methyl sites for hydroxylation is 3. The van der Waals surface area contributed by atoms with Gasteiger partial charge in [-0.2, -0.15) is 0 Å². The predicted octanol–water partition coefficient (Wildman–Crippen LogP) is 4.29. The maximum atomic E-state index is 13.6. The van der Waals surface area contributed by atoms with Crippen molar-refractivity contribution in [1.82, 2.24) is 0 Å². The first-order valence-corrected chi connectivity index (χ1v) is 12.1. The summed E-state index contributed by atoms with van der Waals surface area (Å²) in [6.07, 6.45) is 0. The van der Waals surface area contributed by atoms with Crippen LogP contribution in [0.25, 0.3) is 0 Å². The Labute approximate surface area is 191 Å². The van der Waals surface area contributed by atoms with Crippen molar-refractivity contribution in [3.05, 3.63) is 75.5 Å². The van der Waals surface area contributed by atoms with E-state index in [2.05, 4.69) is 5.32 Å². The molecule has 3 aromatic rings. The number of amides is 1. The Kier molecular flexibility index (Phi) is 7.00. The third-order valence-electron chi connectivity index (χ3n) is 4.94. The molecule has 2 aromatic carbocycles. The average Bonchev–Trinajstić information content (AvgIpc) is 3.24. The molecular formula is C23H24N2O5S2. The maximum absolute atomic E-state index is 13.6. The van der Waals surface area contributed by atoms with Crippen molar-refractivity contribution >= 4 is 44.6 Å². The highest BCUT2D eigenvalue weighted by molar-refractivity contribution is 7.93. The van der Waals surface area contributed by atoms with Crippen molar-refractivity contribution in [3.8, 4) is 0 Å². The molecule has 0 saturated heterocycles. The van der Waals surface area contributed by atoms with E-state index in [0.29, 0.717) is 11.4 Å². The normalized spacial score (nSPS) is 11.1. The van der Waals surface area contributed by atoms with Crippen molar-refractivity contribution < 1.29 is 22.7 Å². The van der Waals surface area contributed by atoms with Gasteiger partial charge in [-0.3, -0.25) is 9.10 Å². The highest BCUT2D eigenvalue weighted by Gasteiger charge is 2.32. The zero-order chi connectivity index (χ0) is 23.5. The number of carbonyl (C=O) groups excluding carboxylic acids is 2. The smallest absolute Gasteiger partial charge is 0.349 e. The number of esters is 1. The van der Waals surface area contributed by atoms with Gasteiger partial charge in [0.15, 0.2) is 0 Å². The number of thiophene rings is 1. The van der Waals surface area contributed by atoms with Crippen molar-refractivity contribution in [2.75, 3.05) is 23.3 Å². The second kappa shape index (κ2) is 9.54. The molecule has 0 aliphatic heterocycles. The first-order chi connectivity index (χ1) is 15.1. The molecule has 0 saturated carbocycles. The van der Waals surface area contributed by atoms with Gasteiger partial charge >= 0.3 is 5.97 Å². The van der Waals surface area contributed by atoms with Gasteiger partial charge in [0.2, 0.25) is 5.91 Å². The van der Waals surface area contributed by atoms with Crippen LogP contribution in [-0.4, -0.2) is 33.9 Å². The molecule has 1 heterocycles. The number of methoxy groups -OCH3 is 1. The first-order valence-electron chi connectivity index (χ1n) is 9.76. The topological polar surface area (TPSA) is 92.8 Å². The van der Waals surface area contributed by atoms with Crippen LogP contribution in [0.5, 0.6) is 0 Å². The zero-order valence-electron chi connectivity index (χ0n) is 18.2. The molecule has 168 valence electrons. The van der Waals surface area contributed by atoms with E-state index in [4.69, 9.17) is 4.74 Å². The van der Waals surface area contributed by atoms with Crippen LogP contribution in [0.4, 0.5) is 11.4 Å². The number of hydrogen-bond acceptors (Lipinski definition) is 6. The van der Waals surface area contributed by atoms with Crippen LogP contribution in [-0.2, 0) is 19.6 Å². The number of nitrogens with zero attached hydrogens (tertiary/aromatic N) is 1. The molecule has 9 heteroatoms. The minimum Gasteiger partial charge on any atom is -0.465 e. The first kappa shape index (κ1) is 23.5. The quantitative estimate of drug-likeness (QED) is 0.518. The van der Waals surface area contributed by atoms with E-state index < -0.39 is 28.4 Å². The van der Waals surface area contributed by atoms with Crippen molar-refractivity contribution in [2.24, 2.45) is 0 Å². The Bertz CT molecular complexity index is 1260. The van der Waals surface area contributed by atoms with Gasteiger partial charge in [0.05, 0.1) is 12.8 Å². The Hall–Kier alpha value is -3.17. The minimum absolute atomic E-state index is 0.0413. The summed E-state index contributed by atoms with van der Waals surface area (Å²) in [5.74, 6) is -1.25. The summed E-state index contributed by atoms with van der Waals surface area (Å²) >= 11 is 0.969. The molecule has 0 aliphatic carbocycles. The molecule has 32 heavy (non-hydrogen) atoms. The second-order valence-electron chi connectivity index (χ2n) is 7.30. The zero-order valence-corrected chi connectivity index (χ0v) is 19.8. The van der Waals surface area contributed by atoms with Crippen LogP contribution < -0.4 is 9.62 Å². The molecule has 1 amide bonds. The van der Waals surface area contributed by atoms with Crippen LogP contribution >= 0.6 is 11.3 Å². The summed E-state index contributed by atoms with van der Waals surface area (Å²) < 4.78 is 33.0. The molecule has 3 rings (SSSR count). The van der Waals surface area contributed by atoms with Gasteiger partial charge in [0.1, 0.15) is 16.3 Å². The van der Waals surface area contributed by atoms with Gasteiger partial charge in [0, 0.05) is 5.69 Å². The summed E-state index contributed by atoms with van der Waals surface area (Å²) in [4.78, 5) is 24.7. The molecule has 0 aliphatic rings. The van der Waals surface area contributed by atoms with Gasteiger partial charge in [-0.05, 0) is 73.2 Å². The highest BCUT2D eigenvalue weighted by atomic mass is 32.2. The number of nitrogens with one attached hydrogen (secondary N) is 1. The summed E-state index contributed by atoms with van der Waals surface area (Å²) in [5, 5.41) is 4.25.